The zero-order valence-corrected chi connectivity index (χ0v) is 29.5. The molecule has 55 heavy (non-hydrogen) atoms. The summed E-state index contributed by atoms with van der Waals surface area (Å²) in [5.74, 6) is -1.54. The van der Waals surface area contributed by atoms with Gasteiger partial charge in [-0.25, -0.2) is 0 Å². The van der Waals surface area contributed by atoms with Gasteiger partial charge in [-0.1, -0.05) is 0 Å². The average molecular weight is 787 g/mol. The van der Waals surface area contributed by atoms with Gasteiger partial charge in [0.2, 0.25) is 17.5 Å². The maximum absolute atomic E-state index is 14.6. The molecule has 2 fully saturated rings. The van der Waals surface area contributed by atoms with E-state index in [-0.39, 0.29) is 78.0 Å². The largest absolute Gasteiger partial charge is 0.507 e. The minimum absolute atomic E-state index is 0.0108. The lowest BCUT2D eigenvalue weighted by atomic mass is 9.98. The number of phenolic OH excluding ortho intramolecular Hbond substituents is 1. The Bertz CT molecular complexity index is 1780. The fraction of sp³-hybridized carbons (Fsp3) is 0.571. The van der Waals surface area contributed by atoms with Crippen molar-refractivity contribution in [3.05, 3.63) is 40.1 Å². The van der Waals surface area contributed by atoms with Crippen LogP contribution in [0.4, 0.5) is 0 Å². The highest BCUT2D eigenvalue weighted by atomic mass is 16.7. The Morgan fingerprint density at radius 3 is 2.00 bits per heavy atom. The molecule has 0 unspecified atom stereocenters. The van der Waals surface area contributed by atoms with Crippen molar-refractivity contribution in [2.75, 3.05) is 52.9 Å². The topological polar surface area (TPSA) is 317 Å². The molecule has 1 aromatic heterocycles. The first-order chi connectivity index (χ1) is 26.4. The summed E-state index contributed by atoms with van der Waals surface area (Å²) in [7, 11) is 0. The van der Waals surface area contributed by atoms with Crippen LogP contribution in [0.2, 0.25) is 0 Å². The van der Waals surface area contributed by atoms with Gasteiger partial charge in [-0.2, -0.15) is 0 Å². The van der Waals surface area contributed by atoms with E-state index in [1.165, 1.54) is 25.1 Å². The van der Waals surface area contributed by atoms with Crippen molar-refractivity contribution in [1.82, 2.24) is 0 Å². The fourth-order valence-corrected chi connectivity index (χ4v) is 6.09. The molecule has 0 amide bonds. The van der Waals surface area contributed by atoms with Crippen LogP contribution in [0.1, 0.15) is 12.5 Å². The van der Waals surface area contributed by atoms with E-state index in [0.717, 1.165) is 6.07 Å². The first-order valence-electron chi connectivity index (χ1n) is 17.4. The van der Waals surface area contributed by atoms with Crippen molar-refractivity contribution >= 4 is 11.0 Å². The summed E-state index contributed by atoms with van der Waals surface area (Å²) < 4.78 is 45.7. The molecule has 10 atom stereocenters. The Morgan fingerprint density at radius 1 is 0.691 bits per heavy atom. The average Bonchev–Trinajstić information content (AvgIpc) is 3.17. The van der Waals surface area contributed by atoms with E-state index in [0.29, 0.717) is 0 Å². The number of aliphatic hydroxyl groups is 10. The third-order valence-electron chi connectivity index (χ3n) is 8.91. The number of benzene rings is 2. The Labute approximate surface area is 312 Å². The summed E-state index contributed by atoms with van der Waals surface area (Å²) in [6.07, 6.45) is -16.7. The quantitative estimate of drug-likeness (QED) is 0.0643. The second-order valence-electron chi connectivity index (χ2n) is 12.7. The van der Waals surface area contributed by atoms with Crippen LogP contribution in [-0.4, -0.2) is 170 Å². The van der Waals surface area contributed by atoms with E-state index in [4.69, 9.17) is 37.6 Å². The molecule has 0 bridgehead atoms. The Balaban J connectivity index is 1.61. The lowest BCUT2D eigenvalue weighted by Crippen LogP contribution is -2.61. The highest BCUT2D eigenvalue weighted by Crippen LogP contribution is 2.42. The zero-order chi connectivity index (χ0) is 40.0. The Kier molecular flexibility index (Phi) is 14.5. The van der Waals surface area contributed by atoms with E-state index >= 15 is 0 Å². The highest BCUT2D eigenvalue weighted by Gasteiger charge is 2.48. The minimum atomic E-state index is -2.02. The van der Waals surface area contributed by atoms with E-state index in [2.05, 4.69) is 0 Å². The van der Waals surface area contributed by atoms with Gasteiger partial charge in [0.05, 0.1) is 32.5 Å². The molecule has 5 rings (SSSR count). The highest BCUT2D eigenvalue weighted by molar-refractivity contribution is 5.90. The summed E-state index contributed by atoms with van der Waals surface area (Å²) in [4.78, 5) is 14.6. The first-order valence-corrected chi connectivity index (χ1v) is 17.4. The van der Waals surface area contributed by atoms with Crippen molar-refractivity contribution < 1.29 is 93.7 Å². The van der Waals surface area contributed by atoms with Crippen molar-refractivity contribution in [2.45, 2.75) is 74.8 Å². The molecule has 0 saturated carbocycles. The van der Waals surface area contributed by atoms with Gasteiger partial charge in [-0.15, -0.1) is 0 Å². The van der Waals surface area contributed by atoms with Crippen LogP contribution in [0.5, 0.6) is 28.7 Å². The number of phenols is 1. The van der Waals surface area contributed by atoms with Gasteiger partial charge in [0.25, 0.3) is 0 Å². The predicted molar refractivity (Wildman–Crippen MR) is 184 cm³/mol. The van der Waals surface area contributed by atoms with Crippen LogP contribution in [0, 0.1) is 0 Å². The number of rotatable bonds is 17. The molecule has 3 heterocycles. The molecular formula is C35H46O20. The molecule has 0 spiro atoms. The van der Waals surface area contributed by atoms with Crippen LogP contribution in [0.25, 0.3) is 22.3 Å². The molecule has 20 heteroatoms. The molecule has 20 nitrogen and oxygen atoms in total. The number of aromatic hydroxyl groups is 1. The van der Waals surface area contributed by atoms with Gasteiger partial charge >= 0.3 is 0 Å². The maximum atomic E-state index is 14.6. The van der Waals surface area contributed by atoms with Crippen LogP contribution < -0.4 is 24.4 Å². The standard InChI is InChI=1S/C35H46O20/c1-15-24(41)27(44)29(46)34(52-15)51-14-22-25(42)28(45)30(47)35(54-22)55-33-26(43)23-21(13-18(40)17(4-5-36)32(23)50-11-8-39)53-31(33)16-2-3-19(48-9-6-37)20(12-16)49-10-7-38/h2-3,12-13,15,22,24-25,27-30,34-42,44-47H,4-11,14H2,1H3/t15-,22+,24-,25+,27+,28-,29+,30+,34+,35-/m1/s1. The summed E-state index contributed by atoms with van der Waals surface area (Å²) in [6, 6.07) is 5.26. The van der Waals surface area contributed by atoms with Gasteiger partial charge < -0.3 is 93.7 Å². The molecule has 0 aliphatic carbocycles. The number of fused-ring (bicyclic) bond motifs is 1. The lowest BCUT2D eigenvalue weighted by Gasteiger charge is -2.42. The molecule has 2 aliphatic heterocycles. The van der Waals surface area contributed by atoms with E-state index in [1.807, 2.05) is 0 Å². The van der Waals surface area contributed by atoms with Crippen LogP contribution in [-0.2, 0) is 20.6 Å². The monoisotopic (exact) mass is 786 g/mol. The van der Waals surface area contributed by atoms with E-state index in [1.54, 1.807) is 0 Å². The number of hydrogen-bond acceptors (Lipinski definition) is 20. The first kappa shape index (κ1) is 42.3. The molecule has 0 radical (unpaired) electrons. The fourth-order valence-electron chi connectivity index (χ4n) is 6.09. The predicted octanol–water partition coefficient (Wildman–Crippen LogP) is -3.16. The van der Waals surface area contributed by atoms with Crippen molar-refractivity contribution in [3.63, 3.8) is 0 Å². The van der Waals surface area contributed by atoms with Gasteiger partial charge in [0.1, 0.15) is 85.0 Å². The second kappa shape index (κ2) is 18.8. The van der Waals surface area contributed by atoms with Crippen LogP contribution in [0.3, 0.4) is 0 Å². The smallest absolute Gasteiger partial charge is 0.239 e. The minimum Gasteiger partial charge on any atom is -0.507 e. The van der Waals surface area contributed by atoms with E-state index in [9.17, 15) is 61.0 Å². The van der Waals surface area contributed by atoms with E-state index < -0.39 is 105 Å². The molecule has 2 saturated heterocycles. The third kappa shape index (κ3) is 9.07. The summed E-state index contributed by atoms with van der Waals surface area (Å²) in [5.41, 5.74) is -1.17. The molecule has 306 valence electrons. The van der Waals surface area contributed by atoms with Gasteiger partial charge in [0, 0.05) is 30.2 Å². The SMILES string of the molecule is C[C@H]1O[C@H](OC[C@@H]2O[C@H](Oc3c(-c4ccc(OCCO)c(OCCO)c4)oc4cc(O)c(CCO)c(OCCO)c4c3=O)[C@@H](O)[C@H](O)[C@H]2O)[C@@H](O)[C@@H](O)[C@@H]1O. The second-order valence-corrected chi connectivity index (χ2v) is 12.7. The van der Waals surface area contributed by atoms with Crippen LogP contribution in [0.15, 0.2) is 33.5 Å². The zero-order valence-electron chi connectivity index (χ0n) is 29.5. The number of aliphatic hydroxyl groups excluding tert-OH is 10. The Hall–Kier alpha value is -3.87. The molecule has 11 N–H and O–H groups in total. The van der Waals surface area contributed by atoms with Crippen LogP contribution >= 0.6 is 0 Å². The molecule has 2 aromatic carbocycles. The van der Waals surface area contributed by atoms with Gasteiger partial charge in [-0.3, -0.25) is 4.79 Å². The summed E-state index contributed by atoms with van der Waals surface area (Å²) >= 11 is 0. The normalized spacial score (nSPS) is 28.3. The molecule has 3 aromatic rings. The van der Waals surface area contributed by atoms with Crippen molar-refractivity contribution in [2.24, 2.45) is 0 Å². The van der Waals surface area contributed by atoms with Crippen molar-refractivity contribution in [1.29, 1.82) is 0 Å². The van der Waals surface area contributed by atoms with Gasteiger partial charge in [-0.05, 0) is 25.1 Å². The summed E-state index contributed by atoms with van der Waals surface area (Å²) in [6.45, 7) is -1.58. The molecular weight excluding hydrogens is 740 g/mol. The maximum Gasteiger partial charge on any atom is 0.239 e. The number of ether oxygens (including phenoxy) is 7. The van der Waals surface area contributed by atoms with Gasteiger partial charge in [0.15, 0.2) is 23.5 Å². The van der Waals surface area contributed by atoms with Crippen molar-refractivity contribution in [3.8, 4) is 40.1 Å². The number of hydrogen-bond donors (Lipinski definition) is 11. The Morgan fingerprint density at radius 2 is 1.33 bits per heavy atom. The third-order valence-corrected chi connectivity index (χ3v) is 8.91. The molecule has 2 aliphatic rings. The summed E-state index contributed by atoms with van der Waals surface area (Å²) in [5, 5.41) is 112. The lowest BCUT2D eigenvalue weighted by molar-refractivity contribution is -0.318.